The van der Waals surface area contributed by atoms with Gasteiger partial charge < -0.3 is 9.74 Å². The van der Waals surface area contributed by atoms with E-state index in [0.717, 1.165) is 18.7 Å². The van der Waals surface area contributed by atoms with Crippen molar-refractivity contribution in [3.05, 3.63) is 35.4 Å². The van der Waals surface area contributed by atoms with E-state index < -0.39 is 0 Å². The predicted molar refractivity (Wildman–Crippen MR) is 68.3 cm³/mol. The zero-order valence-corrected chi connectivity index (χ0v) is 10.5. The highest BCUT2D eigenvalue weighted by Crippen LogP contribution is 2.06. The number of nitrogens with zero attached hydrogens (tertiary/aromatic N) is 2. The molecule has 1 amide bonds. The fourth-order valence-electron chi connectivity index (χ4n) is 1.52. The van der Waals surface area contributed by atoms with Crippen molar-refractivity contribution in [1.29, 1.82) is 0 Å². The minimum absolute atomic E-state index is 0.0604. The number of amides is 1. The van der Waals surface area contributed by atoms with Gasteiger partial charge in [-0.2, -0.15) is 0 Å². The lowest BCUT2D eigenvalue weighted by molar-refractivity contribution is 0.0773. The molecule has 0 bridgehead atoms. The molecule has 1 rings (SSSR count). The van der Waals surface area contributed by atoms with E-state index in [4.69, 9.17) is 0 Å². The largest absolute Gasteiger partial charge is 0.399 e. The van der Waals surface area contributed by atoms with E-state index in [-0.39, 0.29) is 5.91 Å². The van der Waals surface area contributed by atoms with Crippen molar-refractivity contribution in [2.45, 2.75) is 13.8 Å². The summed E-state index contributed by atoms with van der Waals surface area (Å²) in [4.78, 5) is 18.4. The average molecular weight is 234 g/mol. The maximum absolute atomic E-state index is 12.0. The zero-order chi connectivity index (χ0) is 12.7. The van der Waals surface area contributed by atoms with Crippen LogP contribution >= 0.6 is 0 Å². The fraction of sp³-hybridized carbons (Fsp3) is 0.385. The number of hydrogen-bond acceptors (Lipinski definition) is 3. The molecule has 0 atom stereocenters. The molecule has 0 saturated carbocycles. The van der Waals surface area contributed by atoms with Crippen LogP contribution in [0.4, 0.5) is 0 Å². The summed E-state index contributed by atoms with van der Waals surface area (Å²) in [6.07, 6.45) is 1.60. The normalized spacial score (nSPS) is 10.5. The second kappa shape index (κ2) is 6.68. The summed E-state index contributed by atoms with van der Waals surface area (Å²) < 4.78 is 0. The number of carbonyl (C=O) groups excluding carboxylic acids is 1. The Bertz CT molecular complexity index is 381. The van der Waals surface area contributed by atoms with Gasteiger partial charge in [-0.25, -0.2) is 0 Å². The van der Waals surface area contributed by atoms with Crippen molar-refractivity contribution in [3.63, 3.8) is 0 Å². The second-order valence-corrected chi connectivity index (χ2v) is 3.52. The lowest BCUT2D eigenvalue weighted by Crippen LogP contribution is -2.30. The molecule has 0 radical (unpaired) electrons. The number of oxime groups is 1. The molecule has 0 heterocycles. The third-order valence-electron chi connectivity index (χ3n) is 2.52. The smallest absolute Gasteiger partial charge is 0.253 e. The lowest BCUT2D eigenvalue weighted by atomic mass is 10.1. The topological polar surface area (TPSA) is 41.9 Å². The van der Waals surface area contributed by atoms with Gasteiger partial charge in [0, 0.05) is 18.7 Å². The molecule has 0 spiro atoms. The highest BCUT2D eigenvalue weighted by atomic mass is 16.6. The summed E-state index contributed by atoms with van der Waals surface area (Å²) in [5.41, 5.74) is 1.60. The van der Waals surface area contributed by atoms with Crippen molar-refractivity contribution in [1.82, 2.24) is 4.90 Å². The molecule has 0 aromatic heterocycles. The Kier molecular flexibility index (Phi) is 5.20. The molecule has 0 unspecified atom stereocenters. The molecule has 1 aromatic carbocycles. The molecule has 92 valence electrons. The average Bonchev–Trinajstić information content (AvgIpc) is 2.38. The Morgan fingerprint density at radius 3 is 2.35 bits per heavy atom. The summed E-state index contributed by atoms with van der Waals surface area (Å²) in [6.45, 7) is 5.40. The zero-order valence-electron chi connectivity index (χ0n) is 10.5. The maximum Gasteiger partial charge on any atom is 0.253 e. The van der Waals surface area contributed by atoms with Crippen LogP contribution in [0.15, 0.2) is 29.4 Å². The second-order valence-electron chi connectivity index (χ2n) is 3.52. The number of carbonyl (C=O) groups is 1. The quantitative estimate of drug-likeness (QED) is 0.578. The lowest BCUT2D eigenvalue weighted by Gasteiger charge is -2.18. The molecule has 17 heavy (non-hydrogen) atoms. The summed E-state index contributed by atoms with van der Waals surface area (Å²) in [6, 6.07) is 7.30. The Balaban J connectivity index is 2.80. The van der Waals surface area contributed by atoms with E-state index in [1.165, 1.54) is 7.11 Å². The highest BCUT2D eigenvalue weighted by molar-refractivity contribution is 5.95. The van der Waals surface area contributed by atoms with Crippen LogP contribution in [-0.4, -0.2) is 37.2 Å². The van der Waals surface area contributed by atoms with Gasteiger partial charge in [0.25, 0.3) is 5.91 Å². The molecule has 0 saturated heterocycles. The minimum Gasteiger partial charge on any atom is -0.399 e. The van der Waals surface area contributed by atoms with Crippen molar-refractivity contribution in [2.75, 3.05) is 20.2 Å². The SMILES string of the molecule is CCN(CC)C(=O)c1ccc(/C=N/OC)cc1. The van der Waals surface area contributed by atoms with Crippen molar-refractivity contribution < 1.29 is 9.63 Å². The third-order valence-corrected chi connectivity index (χ3v) is 2.52. The molecule has 0 aliphatic rings. The van der Waals surface area contributed by atoms with E-state index in [2.05, 4.69) is 9.99 Å². The Hall–Kier alpha value is -1.84. The van der Waals surface area contributed by atoms with Crippen molar-refractivity contribution >= 4 is 12.1 Å². The first-order valence-corrected chi connectivity index (χ1v) is 5.68. The first-order chi connectivity index (χ1) is 8.22. The minimum atomic E-state index is 0.0604. The van der Waals surface area contributed by atoms with Gasteiger partial charge >= 0.3 is 0 Å². The van der Waals surface area contributed by atoms with Gasteiger partial charge in [-0.3, -0.25) is 4.79 Å². The van der Waals surface area contributed by atoms with Crippen LogP contribution in [-0.2, 0) is 4.84 Å². The standard InChI is InChI=1S/C13H18N2O2/c1-4-15(5-2)13(16)12-8-6-11(7-9-12)10-14-17-3/h6-10H,4-5H2,1-3H3/b14-10+. The third kappa shape index (κ3) is 3.59. The van der Waals surface area contributed by atoms with Gasteiger partial charge in [0.1, 0.15) is 7.11 Å². The Morgan fingerprint density at radius 1 is 1.29 bits per heavy atom. The van der Waals surface area contributed by atoms with Gasteiger partial charge in [0.05, 0.1) is 6.21 Å². The van der Waals surface area contributed by atoms with Crippen LogP contribution < -0.4 is 0 Å². The Morgan fingerprint density at radius 2 is 1.88 bits per heavy atom. The monoisotopic (exact) mass is 234 g/mol. The van der Waals surface area contributed by atoms with E-state index in [9.17, 15) is 4.79 Å². The van der Waals surface area contributed by atoms with Gasteiger partial charge in [-0.15, -0.1) is 0 Å². The van der Waals surface area contributed by atoms with Crippen LogP contribution in [0.1, 0.15) is 29.8 Å². The number of rotatable bonds is 5. The van der Waals surface area contributed by atoms with Gasteiger partial charge in [-0.1, -0.05) is 17.3 Å². The van der Waals surface area contributed by atoms with Gasteiger partial charge in [-0.05, 0) is 31.5 Å². The summed E-state index contributed by atoms with van der Waals surface area (Å²) in [5, 5.41) is 3.66. The summed E-state index contributed by atoms with van der Waals surface area (Å²) >= 11 is 0. The molecular weight excluding hydrogens is 216 g/mol. The van der Waals surface area contributed by atoms with Gasteiger partial charge in [0.2, 0.25) is 0 Å². The molecule has 0 fully saturated rings. The highest BCUT2D eigenvalue weighted by Gasteiger charge is 2.11. The Labute approximate surface area is 102 Å². The van der Waals surface area contributed by atoms with E-state index in [1.807, 2.05) is 26.0 Å². The molecular formula is C13H18N2O2. The van der Waals surface area contributed by atoms with Gasteiger partial charge in [0.15, 0.2) is 0 Å². The fourth-order valence-corrected chi connectivity index (χ4v) is 1.52. The molecule has 0 aliphatic carbocycles. The number of benzene rings is 1. The first kappa shape index (κ1) is 13.2. The predicted octanol–water partition coefficient (Wildman–Crippen LogP) is 2.15. The molecule has 4 heteroatoms. The van der Waals surface area contributed by atoms with Crippen LogP contribution in [0.5, 0.6) is 0 Å². The van der Waals surface area contributed by atoms with Crippen LogP contribution in [0.2, 0.25) is 0 Å². The summed E-state index contributed by atoms with van der Waals surface area (Å²) in [5.74, 6) is 0.0604. The van der Waals surface area contributed by atoms with Crippen molar-refractivity contribution in [3.8, 4) is 0 Å². The molecule has 0 aliphatic heterocycles. The summed E-state index contributed by atoms with van der Waals surface area (Å²) in [7, 11) is 1.49. The van der Waals surface area contributed by atoms with Crippen molar-refractivity contribution in [2.24, 2.45) is 5.16 Å². The van der Waals surface area contributed by atoms with Crippen LogP contribution in [0, 0.1) is 0 Å². The van der Waals surface area contributed by atoms with E-state index in [1.54, 1.807) is 23.2 Å². The molecule has 0 N–H and O–H groups in total. The number of hydrogen-bond donors (Lipinski definition) is 0. The maximum atomic E-state index is 12.0. The first-order valence-electron chi connectivity index (χ1n) is 5.68. The molecule has 1 aromatic rings. The van der Waals surface area contributed by atoms with Crippen LogP contribution in [0.25, 0.3) is 0 Å². The molecule has 4 nitrogen and oxygen atoms in total. The van der Waals surface area contributed by atoms with Crippen LogP contribution in [0.3, 0.4) is 0 Å². The van der Waals surface area contributed by atoms with E-state index >= 15 is 0 Å². The van der Waals surface area contributed by atoms with E-state index in [0.29, 0.717) is 5.56 Å².